The summed E-state index contributed by atoms with van der Waals surface area (Å²) in [6.45, 7) is -0.819. The van der Waals surface area contributed by atoms with Gasteiger partial charge in [0, 0.05) is 18.6 Å². The van der Waals surface area contributed by atoms with Gasteiger partial charge in [-0.3, -0.25) is 9.59 Å². The van der Waals surface area contributed by atoms with Crippen LogP contribution in [-0.4, -0.2) is 101 Å². The Balaban J connectivity index is 1.35. The maximum absolute atomic E-state index is 13.6. The van der Waals surface area contributed by atoms with E-state index in [1.807, 2.05) is 0 Å². The molecule has 7 atom stereocenters. The van der Waals surface area contributed by atoms with Crippen molar-refractivity contribution in [3.63, 3.8) is 0 Å². The molecule has 0 aliphatic carbocycles. The van der Waals surface area contributed by atoms with Gasteiger partial charge in [0.05, 0.1) is 6.61 Å². The quantitative estimate of drug-likeness (QED) is 0.122. The van der Waals surface area contributed by atoms with Gasteiger partial charge < -0.3 is 64.9 Å². The number of aryl methyl sites for hydroxylation is 1. The third-order valence-electron chi connectivity index (χ3n) is 7.45. The lowest BCUT2D eigenvalue weighted by Gasteiger charge is -2.43. The fourth-order valence-corrected chi connectivity index (χ4v) is 5.14. The van der Waals surface area contributed by atoms with Gasteiger partial charge in [0.15, 0.2) is 47.6 Å². The second kappa shape index (κ2) is 12.7. The zero-order chi connectivity index (χ0) is 32.6. The Morgan fingerprint density at radius 1 is 0.822 bits per heavy atom. The van der Waals surface area contributed by atoms with Crippen LogP contribution < -0.4 is 4.74 Å². The van der Waals surface area contributed by atoms with Gasteiger partial charge in [-0.1, -0.05) is 12.1 Å². The molecule has 2 aliphatic heterocycles. The van der Waals surface area contributed by atoms with E-state index in [4.69, 9.17) is 18.9 Å². The molecular weight excluding hydrogens is 600 g/mol. The molecular formula is C30H30O15. The molecule has 240 valence electrons. The van der Waals surface area contributed by atoms with Gasteiger partial charge >= 0.3 is 5.97 Å². The number of esters is 1. The Labute approximate surface area is 254 Å². The molecule has 5 rings (SSSR count). The molecule has 2 aliphatic rings. The molecule has 45 heavy (non-hydrogen) atoms. The van der Waals surface area contributed by atoms with E-state index >= 15 is 0 Å². The van der Waals surface area contributed by atoms with E-state index in [1.54, 1.807) is 0 Å². The molecule has 3 aromatic rings. The molecule has 15 heteroatoms. The summed E-state index contributed by atoms with van der Waals surface area (Å²) >= 11 is 0. The number of benzene rings is 3. The Kier molecular flexibility index (Phi) is 8.90. The number of aliphatic hydroxyl groups excluding tert-OH is 3. The monoisotopic (exact) mass is 630 g/mol. The zero-order valence-electron chi connectivity index (χ0n) is 23.3. The first kappa shape index (κ1) is 31.6. The van der Waals surface area contributed by atoms with Crippen molar-refractivity contribution < 1.29 is 74.5 Å². The van der Waals surface area contributed by atoms with Crippen molar-refractivity contribution in [1.29, 1.82) is 0 Å². The summed E-state index contributed by atoms with van der Waals surface area (Å²) in [5.41, 5.74) is 0.208. The molecule has 2 heterocycles. The molecule has 0 spiro atoms. The molecule has 3 aromatic carbocycles. The highest BCUT2D eigenvalue weighted by molar-refractivity contribution is 6.05. The van der Waals surface area contributed by atoms with Gasteiger partial charge in [-0.25, -0.2) is 0 Å². The van der Waals surface area contributed by atoms with Crippen LogP contribution in [0.15, 0.2) is 48.5 Å². The van der Waals surface area contributed by atoms with Crippen molar-refractivity contribution in [2.24, 2.45) is 0 Å². The highest BCUT2D eigenvalue weighted by atomic mass is 16.7. The van der Waals surface area contributed by atoms with Crippen molar-refractivity contribution in [3.8, 4) is 40.2 Å². The number of carbonyl (C=O) groups is 2. The van der Waals surface area contributed by atoms with Crippen molar-refractivity contribution in [1.82, 2.24) is 0 Å². The number of ketones is 1. The van der Waals surface area contributed by atoms with Crippen molar-refractivity contribution >= 4 is 11.8 Å². The molecule has 9 N–H and O–H groups in total. The molecule has 1 unspecified atom stereocenters. The Morgan fingerprint density at radius 2 is 1.51 bits per heavy atom. The summed E-state index contributed by atoms with van der Waals surface area (Å²) in [6.07, 6.45) is -11.9. The number of fused-ring (bicyclic) bond motifs is 1. The maximum atomic E-state index is 13.6. The molecule has 1 saturated heterocycles. The van der Waals surface area contributed by atoms with Crippen molar-refractivity contribution in [3.05, 3.63) is 65.2 Å². The summed E-state index contributed by atoms with van der Waals surface area (Å²) in [5.74, 6) is -4.81. The summed E-state index contributed by atoms with van der Waals surface area (Å²) in [7, 11) is 0. The normalized spacial score (nSPS) is 26.1. The standard InChI is InChI=1S/C30H30O15/c31-11-21-28(44-22(38)6-2-12-1-4-15(33)17(35)7-12)25(40)26(41)30(43-21)45-29-24(39)23-19(37)9-14(32)10-20(23)42-27(29)13-3-5-16(34)18(36)8-13/h1,3-5,7-10,21,25-37,40-41H,2,6,11H2/t21-,25-,26-,27-,28-,29?,30+/m1/s1. The minimum atomic E-state index is -1.95. The minimum absolute atomic E-state index is 0.0819. The fraction of sp³-hybridized carbons (Fsp3) is 0.333. The van der Waals surface area contributed by atoms with Crippen LogP contribution in [0.2, 0.25) is 0 Å². The number of ether oxygens (including phenoxy) is 4. The summed E-state index contributed by atoms with van der Waals surface area (Å²) < 4.78 is 22.6. The van der Waals surface area contributed by atoms with E-state index in [9.17, 15) is 55.5 Å². The van der Waals surface area contributed by atoms with Gasteiger partial charge in [0.1, 0.15) is 41.1 Å². The predicted molar refractivity (Wildman–Crippen MR) is 148 cm³/mol. The van der Waals surface area contributed by atoms with Crippen LogP contribution in [0.3, 0.4) is 0 Å². The first-order valence-corrected chi connectivity index (χ1v) is 13.6. The highest BCUT2D eigenvalue weighted by Crippen LogP contribution is 2.44. The predicted octanol–water partition coefficient (Wildman–Crippen LogP) is 0.605. The van der Waals surface area contributed by atoms with Crippen LogP contribution in [0, 0.1) is 0 Å². The van der Waals surface area contributed by atoms with Crippen LogP contribution >= 0.6 is 0 Å². The van der Waals surface area contributed by atoms with E-state index in [2.05, 4.69) is 0 Å². The first-order valence-electron chi connectivity index (χ1n) is 13.6. The zero-order valence-corrected chi connectivity index (χ0v) is 23.3. The molecule has 0 aromatic heterocycles. The molecule has 1 fully saturated rings. The van der Waals surface area contributed by atoms with Gasteiger partial charge in [-0.05, 0) is 41.8 Å². The Morgan fingerprint density at radius 3 is 2.18 bits per heavy atom. The second-order valence-electron chi connectivity index (χ2n) is 10.5. The van der Waals surface area contributed by atoms with E-state index in [0.29, 0.717) is 5.56 Å². The number of aromatic hydroxyl groups is 6. The highest BCUT2D eigenvalue weighted by Gasteiger charge is 2.50. The molecule has 0 bridgehead atoms. The van der Waals surface area contributed by atoms with Crippen LogP contribution in [0.5, 0.6) is 40.2 Å². The number of phenolic OH excluding ortho intramolecular Hbond substituents is 6. The topological polar surface area (TPSA) is 253 Å². The largest absolute Gasteiger partial charge is 0.508 e. The lowest BCUT2D eigenvalue weighted by molar-refractivity contribution is -0.313. The minimum Gasteiger partial charge on any atom is -0.508 e. The summed E-state index contributed by atoms with van der Waals surface area (Å²) in [4.78, 5) is 26.2. The van der Waals surface area contributed by atoms with Gasteiger partial charge in [0.25, 0.3) is 0 Å². The lowest BCUT2D eigenvalue weighted by atomic mass is 9.92. The van der Waals surface area contributed by atoms with Crippen LogP contribution in [0.1, 0.15) is 34.0 Å². The molecule has 0 amide bonds. The second-order valence-corrected chi connectivity index (χ2v) is 10.5. The smallest absolute Gasteiger partial charge is 0.306 e. The van der Waals surface area contributed by atoms with E-state index in [0.717, 1.165) is 24.3 Å². The van der Waals surface area contributed by atoms with E-state index in [-0.39, 0.29) is 41.2 Å². The third-order valence-corrected chi connectivity index (χ3v) is 7.45. The summed E-state index contributed by atoms with van der Waals surface area (Å²) in [6, 6.07) is 9.44. The van der Waals surface area contributed by atoms with Gasteiger partial charge in [-0.15, -0.1) is 0 Å². The van der Waals surface area contributed by atoms with Crippen LogP contribution in [0.25, 0.3) is 0 Å². The number of carbonyl (C=O) groups excluding carboxylic acids is 2. The van der Waals surface area contributed by atoms with Crippen LogP contribution in [-0.2, 0) is 25.4 Å². The molecule has 0 saturated carbocycles. The molecule has 15 nitrogen and oxygen atoms in total. The number of aliphatic hydroxyl groups is 3. The van der Waals surface area contributed by atoms with E-state index in [1.165, 1.54) is 24.3 Å². The maximum Gasteiger partial charge on any atom is 0.306 e. The fourth-order valence-electron chi connectivity index (χ4n) is 5.14. The number of hydrogen-bond acceptors (Lipinski definition) is 15. The number of rotatable bonds is 8. The van der Waals surface area contributed by atoms with Gasteiger partial charge in [-0.2, -0.15) is 0 Å². The average Bonchev–Trinajstić information content (AvgIpc) is 2.99. The number of Topliss-reactive ketones (excluding diaryl/α,β-unsaturated/α-hetero) is 1. The van der Waals surface area contributed by atoms with Crippen LogP contribution in [0.4, 0.5) is 0 Å². The number of phenols is 6. The first-order chi connectivity index (χ1) is 21.4. The van der Waals surface area contributed by atoms with Gasteiger partial charge in [0.2, 0.25) is 5.78 Å². The summed E-state index contributed by atoms with van der Waals surface area (Å²) in [5, 5.41) is 91.0. The van der Waals surface area contributed by atoms with Crippen molar-refractivity contribution in [2.45, 2.75) is 55.8 Å². The number of hydrogen-bond donors (Lipinski definition) is 9. The molecule has 0 radical (unpaired) electrons. The SMILES string of the molecule is O=C(CCc1ccc(O)c(O)c1)O[C@H]1[C@H](O)[C@@H](O)[C@H](OC2C(=O)c3c(O)cc(O)cc3O[C@@H]2c2ccc(O)c(O)c2)O[C@@H]1CO. The Bertz CT molecular complexity index is 1590. The van der Waals surface area contributed by atoms with E-state index < -0.39 is 84.3 Å². The average molecular weight is 631 g/mol. The third kappa shape index (κ3) is 6.38. The van der Waals surface area contributed by atoms with Crippen molar-refractivity contribution in [2.75, 3.05) is 6.61 Å². The lowest BCUT2D eigenvalue weighted by Crippen LogP contribution is -2.61. The Hall–Kier alpha value is -4.80.